The highest BCUT2D eigenvalue weighted by Gasteiger charge is 2.21. The van der Waals surface area contributed by atoms with Gasteiger partial charge in [-0.15, -0.1) is 0 Å². The Morgan fingerprint density at radius 3 is 2.93 bits per heavy atom. The molecule has 1 aromatic heterocycles. The molecule has 74 valence electrons. The first-order valence-corrected chi connectivity index (χ1v) is 4.57. The maximum Gasteiger partial charge on any atom is 0.356 e. The van der Waals surface area contributed by atoms with Crippen molar-refractivity contribution < 1.29 is 9.53 Å². The highest BCUT2D eigenvalue weighted by Crippen LogP contribution is 2.17. The molecule has 0 aliphatic carbocycles. The van der Waals surface area contributed by atoms with E-state index in [9.17, 15) is 4.79 Å². The van der Waals surface area contributed by atoms with Crippen LogP contribution in [0.25, 0.3) is 0 Å². The Kier molecular flexibility index (Phi) is 2.45. The molecule has 1 fully saturated rings. The van der Waals surface area contributed by atoms with Gasteiger partial charge in [-0.2, -0.15) is 0 Å². The zero-order valence-corrected chi connectivity index (χ0v) is 7.99. The lowest BCUT2D eigenvalue weighted by Crippen LogP contribution is -2.40. The molecule has 0 atom stereocenters. The summed E-state index contributed by atoms with van der Waals surface area (Å²) in [7, 11) is 1.36. The van der Waals surface area contributed by atoms with Gasteiger partial charge in [-0.1, -0.05) is 6.07 Å². The van der Waals surface area contributed by atoms with Crippen LogP contribution in [-0.2, 0) is 4.74 Å². The van der Waals surface area contributed by atoms with Gasteiger partial charge in [0.1, 0.15) is 5.69 Å². The van der Waals surface area contributed by atoms with Crippen LogP contribution in [0.15, 0.2) is 18.2 Å². The molecular weight excluding hydrogens is 180 g/mol. The highest BCUT2D eigenvalue weighted by molar-refractivity contribution is 5.87. The number of esters is 1. The predicted molar refractivity (Wildman–Crippen MR) is 51.2 cm³/mol. The van der Waals surface area contributed by atoms with Gasteiger partial charge in [0.15, 0.2) is 0 Å². The fourth-order valence-electron chi connectivity index (χ4n) is 1.39. The SMILES string of the molecule is COC(=O)c1cccc(C2CNC2)n1. The average molecular weight is 192 g/mol. The van der Waals surface area contributed by atoms with Crippen molar-refractivity contribution in [3.63, 3.8) is 0 Å². The Hall–Kier alpha value is -1.42. The predicted octanol–water partition coefficient (Wildman–Crippen LogP) is 0.555. The molecule has 0 bridgehead atoms. The summed E-state index contributed by atoms with van der Waals surface area (Å²) in [5.74, 6) is 0.0683. The molecule has 0 radical (unpaired) electrons. The van der Waals surface area contributed by atoms with Gasteiger partial charge in [0.05, 0.1) is 7.11 Å². The van der Waals surface area contributed by atoms with Gasteiger partial charge in [-0.3, -0.25) is 0 Å². The molecule has 1 aromatic rings. The van der Waals surface area contributed by atoms with E-state index in [0.717, 1.165) is 18.8 Å². The van der Waals surface area contributed by atoms with Crippen molar-refractivity contribution in [2.45, 2.75) is 5.92 Å². The molecule has 4 nitrogen and oxygen atoms in total. The minimum Gasteiger partial charge on any atom is -0.464 e. The first-order chi connectivity index (χ1) is 6.81. The number of nitrogens with zero attached hydrogens (tertiary/aromatic N) is 1. The first kappa shape index (κ1) is 9.15. The first-order valence-electron chi connectivity index (χ1n) is 4.57. The lowest BCUT2D eigenvalue weighted by molar-refractivity contribution is 0.0593. The number of nitrogens with one attached hydrogen (secondary N) is 1. The van der Waals surface area contributed by atoms with Crippen LogP contribution in [0.1, 0.15) is 22.1 Å². The summed E-state index contributed by atoms with van der Waals surface area (Å²) in [6, 6.07) is 5.45. The van der Waals surface area contributed by atoms with Crippen LogP contribution < -0.4 is 5.32 Å². The second kappa shape index (κ2) is 3.75. The fourth-order valence-corrected chi connectivity index (χ4v) is 1.39. The molecule has 0 spiro atoms. The molecule has 1 aliphatic heterocycles. The van der Waals surface area contributed by atoms with Crippen LogP contribution in [0.4, 0.5) is 0 Å². The Bertz CT molecular complexity index is 348. The van der Waals surface area contributed by atoms with Crippen molar-refractivity contribution in [2.75, 3.05) is 20.2 Å². The lowest BCUT2D eigenvalue weighted by Gasteiger charge is -2.26. The largest absolute Gasteiger partial charge is 0.464 e. The van der Waals surface area contributed by atoms with Crippen molar-refractivity contribution in [2.24, 2.45) is 0 Å². The van der Waals surface area contributed by atoms with E-state index in [1.54, 1.807) is 6.07 Å². The standard InChI is InChI=1S/C10H12N2O2/c1-14-10(13)9-4-2-3-8(12-9)7-5-11-6-7/h2-4,7,11H,5-6H2,1H3. The minimum atomic E-state index is -0.376. The van der Waals surface area contributed by atoms with Crippen LogP contribution in [-0.4, -0.2) is 31.2 Å². The second-order valence-electron chi connectivity index (χ2n) is 3.29. The lowest BCUT2D eigenvalue weighted by atomic mass is 9.98. The number of carbonyl (C=O) groups is 1. The average Bonchev–Trinajstić information content (AvgIpc) is 2.14. The minimum absolute atomic E-state index is 0.376. The Morgan fingerprint density at radius 1 is 1.57 bits per heavy atom. The van der Waals surface area contributed by atoms with E-state index in [1.807, 2.05) is 12.1 Å². The number of methoxy groups -OCH3 is 1. The van der Waals surface area contributed by atoms with Crippen LogP contribution in [0.5, 0.6) is 0 Å². The van der Waals surface area contributed by atoms with Gasteiger partial charge in [-0.05, 0) is 12.1 Å². The van der Waals surface area contributed by atoms with E-state index < -0.39 is 0 Å². The molecule has 0 amide bonds. The molecule has 1 saturated heterocycles. The van der Waals surface area contributed by atoms with Gasteiger partial charge >= 0.3 is 5.97 Å². The third-order valence-corrected chi connectivity index (χ3v) is 2.36. The number of hydrogen-bond acceptors (Lipinski definition) is 4. The fraction of sp³-hybridized carbons (Fsp3) is 0.400. The van der Waals surface area contributed by atoms with Crippen molar-refractivity contribution in [3.05, 3.63) is 29.6 Å². The number of aromatic nitrogens is 1. The quantitative estimate of drug-likeness (QED) is 0.695. The molecule has 0 unspecified atom stereocenters. The summed E-state index contributed by atoms with van der Waals surface area (Å²) in [4.78, 5) is 15.4. The molecule has 14 heavy (non-hydrogen) atoms. The third kappa shape index (κ3) is 1.61. The number of carbonyl (C=O) groups excluding carboxylic acids is 1. The molecular formula is C10H12N2O2. The smallest absolute Gasteiger partial charge is 0.356 e. The van der Waals surface area contributed by atoms with Gasteiger partial charge in [0, 0.05) is 24.7 Å². The number of pyridine rings is 1. The van der Waals surface area contributed by atoms with Crippen molar-refractivity contribution in [1.29, 1.82) is 0 Å². The molecule has 2 heterocycles. The van der Waals surface area contributed by atoms with E-state index in [0.29, 0.717) is 11.6 Å². The van der Waals surface area contributed by atoms with E-state index in [-0.39, 0.29) is 5.97 Å². The topological polar surface area (TPSA) is 51.2 Å². The third-order valence-electron chi connectivity index (χ3n) is 2.36. The van der Waals surface area contributed by atoms with E-state index >= 15 is 0 Å². The summed E-state index contributed by atoms with van der Waals surface area (Å²) >= 11 is 0. The number of ether oxygens (including phenoxy) is 1. The van der Waals surface area contributed by atoms with Gasteiger partial charge in [-0.25, -0.2) is 9.78 Å². The summed E-state index contributed by atoms with van der Waals surface area (Å²) in [6.45, 7) is 1.88. The van der Waals surface area contributed by atoms with Crippen molar-refractivity contribution in [3.8, 4) is 0 Å². The second-order valence-corrected chi connectivity index (χ2v) is 3.29. The van der Waals surface area contributed by atoms with Crippen LogP contribution in [0.3, 0.4) is 0 Å². The zero-order chi connectivity index (χ0) is 9.97. The van der Waals surface area contributed by atoms with Crippen LogP contribution in [0.2, 0.25) is 0 Å². The van der Waals surface area contributed by atoms with Crippen LogP contribution >= 0.6 is 0 Å². The zero-order valence-electron chi connectivity index (χ0n) is 7.99. The van der Waals surface area contributed by atoms with Gasteiger partial charge in [0.25, 0.3) is 0 Å². The maximum atomic E-state index is 11.2. The van der Waals surface area contributed by atoms with Gasteiger partial charge < -0.3 is 10.1 Å². The maximum absolute atomic E-state index is 11.2. The van der Waals surface area contributed by atoms with E-state index in [2.05, 4.69) is 15.0 Å². The monoisotopic (exact) mass is 192 g/mol. The summed E-state index contributed by atoms with van der Waals surface area (Å²) in [5.41, 5.74) is 1.35. The number of rotatable bonds is 2. The molecule has 4 heteroatoms. The van der Waals surface area contributed by atoms with Crippen LogP contribution in [0, 0.1) is 0 Å². The van der Waals surface area contributed by atoms with Gasteiger partial charge in [0.2, 0.25) is 0 Å². The summed E-state index contributed by atoms with van der Waals surface area (Å²) in [6.07, 6.45) is 0. The Balaban J connectivity index is 2.21. The normalized spacial score (nSPS) is 16.1. The summed E-state index contributed by atoms with van der Waals surface area (Å²) < 4.78 is 4.61. The molecule has 0 saturated carbocycles. The van der Waals surface area contributed by atoms with E-state index in [1.165, 1.54) is 7.11 Å². The molecule has 1 aliphatic rings. The Morgan fingerprint density at radius 2 is 2.36 bits per heavy atom. The molecule has 1 N–H and O–H groups in total. The summed E-state index contributed by atoms with van der Waals surface area (Å²) in [5, 5.41) is 3.17. The van der Waals surface area contributed by atoms with E-state index in [4.69, 9.17) is 0 Å². The van der Waals surface area contributed by atoms with Crippen molar-refractivity contribution >= 4 is 5.97 Å². The highest BCUT2D eigenvalue weighted by atomic mass is 16.5. The molecule has 0 aromatic carbocycles. The Labute approximate surface area is 82.3 Å². The molecule has 2 rings (SSSR count). The number of hydrogen-bond donors (Lipinski definition) is 1. The van der Waals surface area contributed by atoms with Crippen molar-refractivity contribution in [1.82, 2.24) is 10.3 Å².